The molecule has 3 aromatic rings. The number of fused-ring (bicyclic) bond motifs is 1. The van der Waals surface area contributed by atoms with E-state index in [9.17, 15) is 4.79 Å². The molecule has 1 heterocycles. The molecule has 21 heavy (non-hydrogen) atoms. The number of hydrogen-bond donors (Lipinski definition) is 2. The van der Waals surface area contributed by atoms with Gasteiger partial charge in [0.2, 0.25) is 0 Å². The van der Waals surface area contributed by atoms with Crippen LogP contribution in [0.15, 0.2) is 48.5 Å². The number of carbonyl (C=O) groups excluding carboxylic acids is 1. The summed E-state index contributed by atoms with van der Waals surface area (Å²) in [5.74, 6) is -0.366. The molecule has 0 atom stereocenters. The third-order valence-electron chi connectivity index (χ3n) is 3.42. The van der Waals surface area contributed by atoms with E-state index in [1.54, 1.807) is 13.0 Å². The molecule has 0 saturated heterocycles. The lowest BCUT2D eigenvalue weighted by molar-refractivity contribution is 0.0520. The molecular weight excluding hydrogens is 264 g/mol. The summed E-state index contributed by atoms with van der Waals surface area (Å²) < 4.78 is 5.00. The summed E-state index contributed by atoms with van der Waals surface area (Å²) in [7, 11) is 0. The number of hydrogen-bond acceptors (Lipinski definition) is 3. The van der Waals surface area contributed by atoms with Crippen molar-refractivity contribution in [1.82, 2.24) is 4.98 Å². The summed E-state index contributed by atoms with van der Waals surface area (Å²) in [6.07, 6.45) is 0. The highest BCUT2D eigenvalue weighted by Crippen LogP contribution is 2.32. The van der Waals surface area contributed by atoms with Gasteiger partial charge in [0.15, 0.2) is 0 Å². The van der Waals surface area contributed by atoms with E-state index in [0.717, 1.165) is 22.0 Å². The minimum atomic E-state index is -0.366. The van der Waals surface area contributed by atoms with Crippen LogP contribution in [0.4, 0.5) is 5.69 Å². The maximum atomic E-state index is 11.8. The summed E-state index contributed by atoms with van der Waals surface area (Å²) in [6, 6.07) is 15.6. The number of ether oxygens (including phenoxy) is 1. The molecule has 1 aromatic heterocycles. The maximum absolute atomic E-state index is 11.8. The number of anilines is 1. The van der Waals surface area contributed by atoms with Crippen LogP contribution < -0.4 is 5.73 Å². The number of H-pyrrole nitrogens is 1. The quantitative estimate of drug-likeness (QED) is 0.569. The van der Waals surface area contributed by atoms with Gasteiger partial charge < -0.3 is 15.5 Å². The minimum Gasteiger partial charge on any atom is -0.461 e. The smallest absolute Gasteiger partial charge is 0.354 e. The lowest BCUT2D eigenvalue weighted by atomic mass is 10.0. The van der Waals surface area contributed by atoms with Gasteiger partial charge in [0, 0.05) is 10.9 Å². The summed E-state index contributed by atoms with van der Waals surface area (Å²) in [4.78, 5) is 14.8. The molecule has 0 aliphatic carbocycles. The van der Waals surface area contributed by atoms with E-state index in [4.69, 9.17) is 10.5 Å². The van der Waals surface area contributed by atoms with Crippen LogP contribution in [-0.4, -0.2) is 17.6 Å². The molecule has 3 N–H and O–H groups in total. The van der Waals surface area contributed by atoms with E-state index >= 15 is 0 Å². The average Bonchev–Trinajstić information content (AvgIpc) is 2.94. The predicted molar refractivity (Wildman–Crippen MR) is 84.1 cm³/mol. The number of aromatic nitrogens is 1. The molecule has 2 aromatic carbocycles. The summed E-state index contributed by atoms with van der Waals surface area (Å²) in [6.45, 7) is 2.13. The van der Waals surface area contributed by atoms with Gasteiger partial charge >= 0.3 is 5.97 Å². The number of carbonyl (C=O) groups is 1. The van der Waals surface area contributed by atoms with Crippen molar-refractivity contribution in [2.24, 2.45) is 0 Å². The van der Waals surface area contributed by atoms with Gasteiger partial charge in [-0.3, -0.25) is 0 Å². The Morgan fingerprint density at radius 3 is 2.67 bits per heavy atom. The monoisotopic (exact) mass is 280 g/mol. The second-order valence-corrected chi connectivity index (χ2v) is 4.76. The van der Waals surface area contributed by atoms with Crippen molar-refractivity contribution >= 4 is 22.6 Å². The molecule has 3 rings (SSSR count). The first-order valence-corrected chi connectivity index (χ1v) is 6.84. The summed E-state index contributed by atoms with van der Waals surface area (Å²) in [5, 5.41) is 0.898. The van der Waals surface area contributed by atoms with Crippen LogP contribution in [0.2, 0.25) is 0 Å². The maximum Gasteiger partial charge on any atom is 0.354 e. The molecule has 106 valence electrons. The fourth-order valence-electron chi connectivity index (χ4n) is 2.41. The van der Waals surface area contributed by atoms with E-state index < -0.39 is 0 Å². The fraction of sp³-hybridized carbons (Fsp3) is 0.118. The van der Waals surface area contributed by atoms with Gasteiger partial charge in [0.1, 0.15) is 5.69 Å². The van der Waals surface area contributed by atoms with Crippen molar-refractivity contribution in [2.45, 2.75) is 6.92 Å². The van der Waals surface area contributed by atoms with Crippen LogP contribution in [0.1, 0.15) is 17.4 Å². The Bertz CT molecular complexity index is 791. The number of nitrogen functional groups attached to an aromatic ring is 1. The number of esters is 1. The average molecular weight is 280 g/mol. The van der Waals surface area contributed by atoms with Crippen LogP contribution in [0.25, 0.3) is 22.0 Å². The molecule has 0 bridgehead atoms. The molecule has 4 nitrogen and oxygen atoms in total. The molecule has 0 fully saturated rings. The Kier molecular flexibility index (Phi) is 3.36. The topological polar surface area (TPSA) is 68.1 Å². The Morgan fingerprint density at radius 1 is 1.19 bits per heavy atom. The molecule has 4 heteroatoms. The van der Waals surface area contributed by atoms with Crippen molar-refractivity contribution in [2.75, 3.05) is 12.3 Å². The molecule has 0 spiro atoms. The zero-order chi connectivity index (χ0) is 14.8. The number of benzene rings is 2. The predicted octanol–water partition coefficient (Wildman–Crippen LogP) is 3.59. The van der Waals surface area contributed by atoms with Crippen LogP contribution >= 0.6 is 0 Å². The van der Waals surface area contributed by atoms with Gasteiger partial charge in [-0.1, -0.05) is 42.5 Å². The van der Waals surface area contributed by atoms with Gasteiger partial charge in [-0.15, -0.1) is 0 Å². The number of aromatic amines is 1. The van der Waals surface area contributed by atoms with Crippen LogP contribution in [-0.2, 0) is 4.74 Å². The molecular formula is C17H16N2O2. The first-order chi connectivity index (χ1) is 10.2. The van der Waals surface area contributed by atoms with Crippen molar-refractivity contribution in [3.63, 3.8) is 0 Å². The van der Waals surface area contributed by atoms with Crippen molar-refractivity contribution < 1.29 is 9.53 Å². The van der Waals surface area contributed by atoms with Gasteiger partial charge in [-0.2, -0.15) is 0 Å². The van der Waals surface area contributed by atoms with Crippen LogP contribution in [0.5, 0.6) is 0 Å². The molecule has 0 unspecified atom stereocenters. The SMILES string of the molecule is CCOC(=O)c1cc2ccc(-c3ccccc3)c(N)c2[nH]1. The highest BCUT2D eigenvalue weighted by atomic mass is 16.5. The second-order valence-electron chi connectivity index (χ2n) is 4.76. The van der Waals surface area contributed by atoms with E-state index in [2.05, 4.69) is 4.98 Å². The third-order valence-corrected chi connectivity index (χ3v) is 3.42. The lowest BCUT2D eigenvalue weighted by Crippen LogP contribution is -2.04. The Hall–Kier alpha value is -2.75. The number of nitrogens with one attached hydrogen (secondary N) is 1. The summed E-state index contributed by atoms with van der Waals surface area (Å²) >= 11 is 0. The van der Waals surface area contributed by atoms with Gasteiger partial charge in [-0.05, 0) is 18.6 Å². The Morgan fingerprint density at radius 2 is 1.95 bits per heavy atom. The van der Waals surface area contributed by atoms with Gasteiger partial charge in [-0.25, -0.2) is 4.79 Å². The third kappa shape index (κ3) is 2.36. The molecule has 0 aliphatic heterocycles. The number of nitrogens with two attached hydrogens (primary N) is 1. The van der Waals surface area contributed by atoms with Crippen molar-refractivity contribution in [1.29, 1.82) is 0 Å². The van der Waals surface area contributed by atoms with Crippen LogP contribution in [0, 0.1) is 0 Å². The minimum absolute atomic E-state index is 0.346. The molecule has 0 amide bonds. The fourth-order valence-corrected chi connectivity index (χ4v) is 2.41. The summed E-state index contributed by atoms with van der Waals surface area (Å²) in [5.41, 5.74) is 10.1. The zero-order valence-electron chi connectivity index (χ0n) is 11.7. The molecule has 0 aliphatic rings. The Balaban J connectivity index is 2.11. The van der Waals surface area contributed by atoms with Gasteiger partial charge in [0.05, 0.1) is 17.8 Å². The molecule has 0 radical (unpaired) electrons. The first kappa shape index (κ1) is 13.2. The standard InChI is InChI=1S/C17H16N2O2/c1-2-21-17(20)14-10-12-8-9-13(15(18)16(12)19-14)11-6-4-3-5-7-11/h3-10,19H,2,18H2,1H3. The van der Waals surface area contributed by atoms with E-state index in [0.29, 0.717) is 18.0 Å². The van der Waals surface area contributed by atoms with Gasteiger partial charge in [0.25, 0.3) is 0 Å². The van der Waals surface area contributed by atoms with Crippen LogP contribution in [0.3, 0.4) is 0 Å². The highest BCUT2D eigenvalue weighted by Gasteiger charge is 2.14. The highest BCUT2D eigenvalue weighted by molar-refractivity contribution is 6.02. The van der Waals surface area contributed by atoms with E-state index in [1.807, 2.05) is 42.5 Å². The molecule has 0 saturated carbocycles. The first-order valence-electron chi connectivity index (χ1n) is 6.84. The Labute approximate surface area is 122 Å². The largest absolute Gasteiger partial charge is 0.461 e. The number of rotatable bonds is 3. The van der Waals surface area contributed by atoms with Crippen molar-refractivity contribution in [3.8, 4) is 11.1 Å². The van der Waals surface area contributed by atoms with E-state index in [-0.39, 0.29) is 5.97 Å². The zero-order valence-corrected chi connectivity index (χ0v) is 11.7. The second kappa shape index (κ2) is 5.32. The van der Waals surface area contributed by atoms with E-state index in [1.165, 1.54) is 0 Å². The lowest BCUT2D eigenvalue weighted by Gasteiger charge is -2.06. The van der Waals surface area contributed by atoms with Crippen molar-refractivity contribution in [3.05, 3.63) is 54.2 Å². The normalized spacial score (nSPS) is 10.7.